The second-order valence-corrected chi connectivity index (χ2v) is 6.76. The van der Waals surface area contributed by atoms with Crippen molar-refractivity contribution in [2.45, 2.75) is 25.5 Å². The van der Waals surface area contributed by atoms with Crippen molar-refractivity contribution in [3.05, 3.63) is 54.0 Å². The topological polar surface area (TPSA) is 131 Å². The SMILES string of the molecule is O=C(COc1ccc(/C=N\NC(=O)C(=O)NCc2ccco2)cc1)NC[C@@H]1CCCO1. The molecule has 1 saturated heterocycles. The van der Waals surface area contributed by atoms with Gasteiger partial charge in [-0.2, -0.15) is 5.10 Å². The number of furan rings is 1. The van der Waals surface area contributed by atoms with Gasteiger partial charge in [0.25, 0.3) is 5.91 Å². The van der Waals surface area contributed by atoms with Crippen molar-refractivity contribution in [2.24, 2.45) is 5.10 Å². The minimum absolute atomic E-state index is 0.0880. The molecule has 10 nitrogen and oxygen atoms in total. The fraction of sp³-hybridized carbons (Fsp3) is 0.333. The third-order valence-electron chi connectivity index (χ3n) is 4.39. The molecule has 0 spiro atoms. The Morgan fingerprint density at radius 1 is 1.13 bits per heavy atom. The average molecular weight is 428 g/mol. The molecule has 31 heavy (non-hydrogen) atoms. The van der Waals surface area contributed by atoms with Gasteiger partial charge in [0, 0.05) is 13.2 Å². The van der Waals surface area contributed by atoms with E-state index in [4.69, 9.17) is 13.9 Å². The maximum Gasteiger partial charge on any atom is 0.329 e. The highest BCUT2D eigenvalue weighted by atomic mass is 16.5. The maximum absolute atomic E-state index is 11.8. The Labute approximate surface area is 179 Å². The van der Waals surface area contributed by atoms with Crippen molar-refractivity contribution >= 4 is 23.9 Å². The molecule has 0 aliphatic carbocycles. The highest BCUT2D eigenvalue weighted by Crippen LogP contribution is 2.12. The molecule has 2 heterocycles. The van der Waals surface area contributed by atoms with Gasteiger partial charge in [-0.1, -0.05) is 0 Å². The summed E-state index contributed by atoms with van der Waals surface area (Å²) in [5.41, 5.74) is 2.82. The summed E-state index contributed by atoms with van der Waals surface area (Å²) in [7, 11) is 0. The van der Waals surface area contributed by atoms with Crippen LogP contribution < -0.4 is 20.8 Å². The van der Waals surface area contributed by atoms with Crippen LogP contribution in [-0.4, -0.2) is 49.8 Å². The number of hydrazone groups is 1. The van der Waals surface area contributed by atoms with E-state index in [1.165, 1.54) is 12.5 Å². The molecule has 1 aliphatic heterocycles. The van der Waals surface area contributed by atoms with Crippen LogP contribution in [0.1, 0.15) is 24.2 Å². The first-order chi connectivity index (χ1) is 15.1. The Bertz CT molecular complexity index is 889. The first kappa shape index (κ1) is 22.0. The fourth-order valence-corrected chi connectivity index (χ4v) is 2.76. The van der Waals surface area contributed by atoms with Crippen LogP contribution >= 0.6 is 0 Å². The Balaban J connectivity index is 1.34. The van der Waals surface area contributed by atoms with E-state index in [-0.39, 0.29) is 25.2 Å². The Hall–Kier alpha value is -3.66. The van der Waals surface area contributed by atoms with Crippen LogP contribution in [0, 0.1) is 0 Å². The van der Waals surface area contributed by atoms with Crippen molar-refractivity contribution in [1.29, 1.82) is 0 Å². The molecule has 2 aromatic rings. The molecule has 0 saturated carbocycles. The number of amides is 3. The van der Waals surface area contributed by atoms with Crippen molar-refractivity contribution < 1.29 is 28.3 Å². The standard InChI is InChI=1S/C21H24N4O6/c26-19(22-12-17-3-1-9-29-17)14-31-16-7-5-15(6-8-16)11-24-25-21(28)20(27)23-13-18-4-2-10-30-18/h2,4-8,10-11,17H,1,3,9,12-14H2,(H,22,26)(H,23,27)(H,25,28)/b24-11-/t17-/m0/s1. The van der Waals surface area contributed by atoms with Gasteiger partial charge in [0.1, 0.15) is 11.5 Å². The van der Waals surface area contributed by atoms with E-state index in [9.17, 15) is 14.4 Å². The number of nitrogens with one attached hydrogen (secondary N) is 3. The van der Waals surface area contributed by atoms with Crippen molar-refractivity contribution in [1.82, 2.24) is 16.1 Å². The zero-order valence-corrected chi connectivity index (χ0v) is 16.8. The molecule has 1 aromatic carbocycles. The molecule has 0 bridgehead atoms. The predicted molar refractivity (Wildman–Crippen MR) is 110 cm³/mol. The Morgan fingerprint density at radius 2 is 1.97 bits per heavy atom. The largest absolute Gasteiger partial charge is 0.484 e. The van der Waals surface area contributed by atoms with Gasteiger partial charge in [0.15, 0.2) is 6.61 Å². The molecular weight excluding hydrogens is 404 g/mol. The molecule has 10 heteroatoms. The maximum atomic E-state index is 11.8. The molecule has 3 N–H and O–H groups in total. The minimum Gasteiger partial charge on any atom is -0.484 e. The van der Waals surface area contributed by atoms with Crippen LogP contribution in [0.5, 0.6) is 5.75 Å². The molecule has 164 valence electrons. The number of rotatable bonds is 9. The number of carbonyl (C=O) groups excluding carboxylic acids is 3. The summed E-state index contributed by atoms with van der Waals surface area (Å²) in [6, 6.07) is 10.1. The molecule has 0 radical (unpaired) electrons. The number of ether oxygens (including phenoxy) is 2. The summed E-state index contributed by atoms with van der Waals surface area (Å²) < 4.78 is 16.0. The zero-order valence-electron chi connectivity index (χ0n) is 16.8. The zero-order chi connectivity index (χ0) is 21.9. The predicted octanol–water partition coefficient (Wildman–Crippen LogP) is 0.720. The molecule has 1 aliphatic rings. The lowest BCUT2D eigenvalue weighted by Gasteiger charge is -2.11. The minimum atomic E-state index is -0.892. The molecule has 3 rings (SSSR count). The van der Waals surface area contributed by atoms with E-state index in [0.29, 0.717) is 23.6 Å². The highest BCUT2D eigenvalue weighted by Gasteiger charge is 2.16. The lowest BCUT2D eigenvalue weighted by atomic mass is 10.2. The number of hydrogen-bond donors (Lipinski definition) is 3. The summed E-state index contributed by atoms with van der Waals surface area (Å²) >= 11 is 0. The van der Waals surface area contributed by atoms with Crippen molar-refractivity contribution in [3.8, 4) is 5.75 Å². The van der Waals surface area contributed by atoms with E-state index in [0.717, 1.165) is 19.4 Å². The van der Waals surface area contributed by atoms with Gasteiger partial charge >= 0.3 is 11.8 Å². The van der Waals surface area contributed by atoms with Crippen molar-refractivity contribution in [2.75, 3.05) is 19.8 Å². The number of carbonyl (C=O) groups is 3. The van der Waals surface area contributed by atoms with Gasteiger partial charge in [-0.3, -0.25) is 14.4 Å². The summed E-state index contributed by atoms with van der Waals surface area (Å²) in [5, 5.41) is 8.94. The smallest absolute Gasteiger partial charge is 0.329 e. The Kier molecular flexibility index (Phi) is 8.18. The van der Waals surface area contributed by atoms with Gasteiger partial charge in [-0.15, -0.1) is 0 Å². The summed E-state index contributed by atoms with van der Waals surface area (Å²) in [5.74, 6) is -0.876. The number of benzene rings is 1. The molecule has 0 unspecified atom stereocenters. The van der Waals surface area contributed by atoms with E-state index < -0.39 is 11.8 Å². The quantitative estimate of drug-likeness (QED) is 0.306. The first-order valence-electron chi connectivity index (χ1n) is 9.85. The molecular formula is C21H24N4O6. The van der Waals surface area contributed by atoms with E-state index in [1.807, 2.05) is 0 Å². The van der Waals surface area contributed by atoms with Gasteiger partial charge in [0.05, 0.1) is 25.1 Å². The van der Waals surface area contributed by atoms with Gasteiger partial charge in [-0.05, 0) is 54.8 Å². The summed E-state index contributed by atoms with van der Waals surface area (Å²) in [6.07, 6.45) is 4.93. The molecule has 1 atom stereocenters. The normalized spacial score (nSPS) is 15.5. The molecule has 1 fully saturated rings. The molecule has 1 aromatic heterocycles. The van der Waals surface area contributed by atoms with Crippen LogP contribution in [0.15, 0.2) is 52.2 Å². The van der Waals surface area contributed by atoms with E-state index in [1.54, 1.807) is 36.4 Å². The number of nitrogens with zero attached hydrogens (tertiary/aromatic N) is 1. The van der Waals surface area contributed by atoms with Crippen LogP contribution in [0.25, 0.3) is 0 Å². The van der Waals surface area contributed by atoms with Crippen LogP contribution in [0.2, 0.25) is 0 Å². The average Bonchev–Trinajstić information content (AvgIpc) is 3.49. The van der Waals surface area contributed by atoms with E-state index >= 15 is 0 Å². The van der Waals surface area contributed by atoms with E-state index in [2.05, 4.69) is 21.2 Å². The first-order valence-corrected chi connectivity index (χ1v) is 9.85. The number of hydrogen-bond acceptors (Lipinski definition) is 7. The van der Waals surface area contributed by atoms with Gasteiger partial charge in [0.2, 0.25) is 0 Å². The lowest BCUT2D eigenvalue weighted by molar-refractivity contribution is -0.139. The van der Waals surface area contributed by atoms with Crippen LogP contribution in [0.4, 0.5) is 0 Å². The monoisotopic (exact) mass is 428 g/mol. The Morgan fingerprint density at radius 3 is 2.68 bits per heavy atom. The second kappa shape index (κ2) is 11.5. The molecule has 3 amide bonds. The summed E-state index contributed by atoms with van der Waals surface area (Å²) in [4.78, 5) is 35.2. The highest BCUT2D eigenvalue weighted by molar-refractivity contribution is 6.35. The summed E-state index contributed by atoms with van der Waals surface area (Å²) in [6.45, 7) is 1.25. The van der Waals surface area contributed by atoms with Crippen LogP contribution in [0.3, 0.4) is 0 Å². The van der Waals surface area contributed by atoms with Crippen LogP contribution in [-0.2, 0) is 25.7 Å². The van der Waals surface area contributed by atoms with Crippen molar-refractivity contribution in [3.63, 3.8) is 0 Å². The lowest BCUT2D eigenvalue weighted by Crippen LogP contribution is -2.37. The van der Waals surface area contributed by atoms with Gasteiger partial charge < -0.3 is 24.5 Å². The van der Waals surface area contributed by atoms with Gasteiger partial charge in [-0.25, -0.2) is 5.43 Å². The second-order valence-electron chi connectivity index (χ2n) is 6.76. The third-order valence-corrected chi connectivity index (χ3v) is 4.39. The third kappa shape index (κ3) is 7.59. The fourth-order valence-electron chi connectivity index (χ4n) is 2.76.